The number of aryl methyl sites for hydroxylation is 2. The van der Waals surface area contributed by atoms with Crippen molar-refractivity contribution in [1.82, 2.24) is 29.5 Å². The van der Waals surface area contributed by atoms with Crippen molar-refractivity contribution >= 4 is 5.82 Å². The number of benzene rings is 1. The van der Waals surface area contributed by atoms with E-state index in [9.17, 15) is 0 Å². The van der Waals surface area contributed by atoms with Crippen molar-refractivity contribution in [1.29, 1.82) is 0 Å². The minimum Gasteiger partial charge on any atom is -0.367 e. The number of hydrogen-bond acceptors (Lipinski definition) is 6. The number of nitrogens with one attached hydrogen (secondary N) is 1. The maximum Gasteiger partial charge on any atom is 0.161 e. The van der Waals surface area contributed by atoms with Crippen LogP contribution < -0.4 is 5.32 Å². The molecule has 168 valence electrons. The Bertz CT molecular complexity index is 1290. The highest BCUT2D eigenvalue weighted by Crippen LogP contribution is 2.38. The molecule has 0 amide bonds. The average molecular weight is 442 g/mol. The summed E-state index contributed by atoms with van der Waals surface area (Å²) in [4.78, 5) is 9.75. The van der Waals surface area contributed by atoms with Crippen LogP contribution in [0, 0.1) is 0 Å². The van der Waals surface area contributed by atoms with E-state index in [0.29, 0.717) is 11.9 Å². The Labute approximate surface area is 192 Å². The third-order valence-corrected chi connectivity index (χ3v) is 6.56. The molecular formula is C25H27N7O. The molecule has 33 heavy (non-hydrogen) atoms. The topological polar surface area (TPSA) is 86.0 Å². The molecule has 1 aliphatic heterocycles. The third kappa shape index (κ3) is 4.02. The minimum atomic E-state index is 0.261. The molecule has 6 rings (SSSR count). The van der Waals surface area contributed by atoms with Crippen LogP contribution >= 0.6 is 0 Å². The number of fused-ring (bicyclic) bond motifs is 1. The van der Waals surface area contributed by atoms with E-state index in [-0.39, 0.29) is 12.1 Å². The van der Waals surface area contributed by atoms with E-state index in [2.05, 4.69) is 33.7 Å². The molecule has 3 atom stereocenters. The highest BCUT2D eigenvalue weighted by Gasteiger charge is 2.45. The average Bonchev–Trinajstić information content (AvgIpc) is 3.32. The Morgan fingerprint density at radius 2 is 1.67 bits per heavy atom. The van der Waals surface area contributed by atoms with Gasteiger partial charge in [-0.3, -0.25) is 9.36 Å². The van der Waals surface area contributed by atoms with Gasteiger partial charge in [0.25, 0.3) is 0 Å². The monoisotopic (exact) mass is 441 g/mol. The van der Waals surface area contributed by atoms with Gasteiger partial charge in [-0.05, 0) is 24.5 Å². The van der Waals surface area contributed by atoms with Gasteiger partial charge in [-0.15, -0.1) is 0 Å². The van der Waals surface area contributed by atoms with Gasteiger partial charge in [-0.25, -0.2) is 9.97 Å². The highest BCUT2D eigenvalue weighted by molar-refractivity contribution is 5.76. The molecule has 8 heteroatoms. The number of hydrogen-bond donors (Lipinski definition) is 1. The largest absolute Gasteiger partial charge is 0.367 e. The Kier molecular flexibility index (Phi) is 4.95. The second-order valence-corrected chi connectivity index (χ2v) is 9.02. The lowest BCUT2D eigenvalue weighted by atomic mass is 10.1. The van der Waals surface area contributed by atoms with E-state index in [1.807, 2.05) is 55.8 Å². The first-order chi connectivity index (χ1) is 16.1. The first-order valence-electron chi connectivity index (χ1n) is 11.5. The standard InChI is InChI=1S/C25H27N7O/c1-31-14-18(11-27-31)16-6-5-7-17(10-16)24-26-13-20(19-12-28-32(2)15-19)25(30-24)29-21-8-3-4-9-22-23(21)33-22/h5-7,10-15,21-23H,3-4,8-9H2,1-2H3,(H,26,29,30)/t21-,22+,23-/m0/s1. The first-order valence-corrected chi connectivity index (χ1v) is 11.5. The number of nitrogens with zero attached hydrogens (tertiary/aromatic N) is 6. The van der Waals surface area contributed by atoms with Crippen molar-refractivity contribution in [3.63, 3.8) is 0 Å². The molecule has 0 bridgehead atoms. The lowest BCUT2D eigenvalue weighted by molar-refractivity contribution is 0.324. The Morgan fingerprint density at radius 1 is 0.909 bits per heavy atom. The summed E-state index contributed by atoms with van der Waals surface area (Å²) in [5.74, 6) is 1.53. The van der Waals surface area contributed by atoms with E-state index >= 15 is 0 Å². The number of anilines is 1. The first kappa shape index (κ1) is 20.1. The summed E-state index contributed by atoms with van der Waals surface area (Å²) >= 11 is 0. The summed E-state index contributed by atoms with van der Waals surface area (Å²) in [6.07, 6.45) is 15.0. The van der Waals surface area contributed by atoms with Gasteiger partial charge in [0.2, 0.25) is 0 Å². The lowest BCUT2D eigenvalue weighted by Gasteiger charge is -2.19. The number of ether oxygens (including phenoxy) is 1. The summed E-state index contributed by atoms with van der Waals surface area (Å²) in [6.45, 7) is 0. The third-order valence-electron chi connectivity index (χ3n) is 6.56. The number of aromatic nitrogens is 6. The molecule has 4 aromatic rings. The zero-order valence-electron chi connectivity index (χ0n) is 18.8. The second kappa shape index (κ2) is 8.12. The van der Waals surface area contributed by atoms with Crippen molar-refractivity contribution in [3.8, 4) is 33.6 Å². The summed E-state index contributed by atoms with van der Waals surface area (Å²) < 4.78 is 9.55. The fourth-order valence-electron chi connectivity index (χ4n) is 4.76. The lowest BCUT2D eigenvalue weighted by Crippen LogP contribution is -2.27. The van der Waals surface area contributed by atoms with Crippen molar-refractivity contribution in [2.24, 2.45) is 14.1 Å². The van der Waals surface area contributed by atoms with Gasteiger partial charge >= 0.3 is 0 Å². The predicted octanol–water partition coefficient (Wildman–Crippen LogP) is 4.07. The Hall–Kier alpha value is -3.52. The zero-order chi connectivity index (χ0) is 22.4. The van der Waals surface area contributed by atoms with E-state index in [0.717, 1.165) is 46.5 Å². The molecule has 1 aliphatic carbocycles. The van der Waals surface area contributed by atoms with E-state index in [4.69, 9.17) is 14.7 Å². The highest BCUT2D eigenvalue weighted by atomic mass is 16.6. The van der Waals surface area contributed by atoms with Crippen LogP contribution in [-0.4, -0.2) is 47.8 Å². The van der Waals surface area contributed by atoms with Crippen LogP contribution in [0.5, 0.6) is 0 Å². The molecule has 0 spiro atoms. The molecular weight excluding hydrogens is 414 g/mol. The molecule has 0 unspecified atom stereocenters. The molecule has 1 saturated carbocycles. The number of epoxide rings is 1. The maximum absolute atomic E-state index is 5.94. The van der Waals surface area contributed by atoms with Crippen LogP contribution in [0.4, 0.5) is 5.82 Å². The molecule has 1 aromatic carbocycles. The normalized spacial score (nSPS) is 21.9. The van der Waals surface area contributed by atoms with Crippen LogP contribution in [0.15, 0.2) is 55.2 Å². The summed E-state index contributed by atoms with van der Waals surface area (Å²) in [6, 6.07) is 8.55. The molecule has 8 nitrogen and oxygen atoms in total. The fourth-order valence-corrected chi connectivity index (χ4v) is 4.76. The molecule has 3 aromatic heterocycles. The summed E-state index contributed by atoms with van der Waals surface area (Å²) in [7, 11) is 3.84. The quantitative estimate of drug-likeness (QED) is 0.470. The van der Waals surface area contributed by atoms with Gasteiger partial charge in [0.1, 0.15) is 11.9 Å². The van der Waals surface area contributed by atoms with E-state index < -0.39 is 0 Å². The minimum absolute atomic E-state index is 0.261. The van der Waals surface area contributed by atoms with Crippen LogP contribution in [0.25, 0.3) is 33.6 Å². The smallest absolute Gasteiger partial charge is 0.161 e. The number of rotatable bonds is 5. The van der Waals surface area contributed by atoms with Crippen LogP contribution in [-0.2, 0) is 18.8 Å². The Balaban J connectivity index is 1.38. The molecule has 2 fully saturated rings. The van der Waals surface area contributed by atoms with E-state index in [1.54, 1.807) is 4.68 Å². The summed E-state index contributed by atoms with van der Waals surface area (Å²) in [5, 5.41) is 12.4. The SMILES string of the molecule is Cn1cc(-c2cccc(-c3ncc(-c4cnn(C)c4)c(N[C@H]4CCCC[C@H]5O[C@@H]45)n3)c2)cn1. The molecule has 0 radical (unpaired) electrons. The second-order valence-electron chi connectivity index (χ2n) is 9.02. The van der Waals surface area contributed by atoms with Crippen molar-refractivity contribution < 1.29 is 4.74 Å². The van der Waals surface area contributed by atoms with Gasteiger partial charge in [-0.2, -0.15) is 10.2 Å². The van der Waals surface area contributed by atoms with Gasteiger partial charge in [-0.1, -0.05) is 31.0 Å². The predicted molar refractivity (Wildman–Crippen MR) is 126 cm³/mol. The fraction of sp³-hybridized carbons (Fsp3) is 0.360. The zero-order valence-corrected chi connectivity index (χ0v) is 18.8. The molecule has 1 saturated heterocycles. The van der Waals surface area contributed by atoms with Gasteiger partial charge < -0.3 is 10.1 Å². The molecule has 2 aliphatic rings. The molecule has 1 N–H and O–H groups in total. The van der Waals surface area contributed by atoms with Gasteiger partial charge in [0.15, 0.2) is 5.82 Å². The van der Waals surface area contributed by atoms with Crippen molar-refractivity contribution in [3.05, 3.63) is 55.2 Å². The van der Waals surface area contributed by atoms with Crippen molar-refractivity contribution in [2.45, 2.75) is 43.9 Å². The maximum atomic E-state index is 5.94. The molecule has 4 heterocycles. The van der Waals surface area contributed by atoms with Gasteiger partial charge in [0.05, 0.1) is 24.5 Å². The van der Waals surface area contributed by atoms with Gasteiger partial charge in [0, 0.05) is 54.9 Å². The van der Waals surface area contributed by atoms with E-state index in [1.165, 1.54) is 12.8 Å². The Morgan fingerprint density at radius 3 is 2.45 bits per heavy atom. The van der Waals surface area contributed by atoms with Crippen LogP contribution in [0.1, 0.15) is 25.7 Å². The van der Waals surface area contributed by atoms with Crippen molar-refractivity contribution in [2.75, 3.05) is 5.32 Å². The van der Waals surface area contributed by atoms with Crippen LogP contribution in [0.3, 0.4) is 0 Å². The van der Waals surface area contributed by atoms with Crippen LogP contribution in [0.2, 0.25) is 0 Å². The summed E-state index contributed by atoms with van der Waals surface area (Å²) in [5.41, 5.74) is 5.08.